The number of fused-ring (bicyclic) bond motifs is 1. The molecule has 4 aromatic heterocycles. The van der Waals surface area contributed by atoms with Crippen LogP contribution in [0.2, 0.25) is 0 Å². The molecule has 120 valence electrons. The van der Waals surface area contributed by atoms with Crippen molar-refractivity contribution in [3.8, 4) is 11.4 Å². The highest BCUT2D eigenvalue weighted by Crippen LogP contribution is 2.25. The first-order chi connectivity index (χ1) is 11.7. The third-order valence-electron chi connectivity index (χ3n) is 3.67. The van der Waals surface area contributed by atoms with E-state index in [0.29, 0.717) is 12.4 Å². The third kappa shape index (κ3) is 2.58. The molecule has 0 aliphatic rings. The highest BCUT2D eigenvalue weighted by molar-refractivity contribution is 7.05. The molecule has 4 rings (SSSR count). The van der Waals surface area contributed by atoms with Gasteiger partial charge in [-0.15, -0.1) is 5.10 Å². The zero-order chi connectivity index (χ0) is 16.5. The standard InChI is InChI=1S/C15H14N8S/c1-9-12(24-22-21-9)8-17-14-11-7-18-23(2)15(11)20-13(19-14)10-4-3-5-16-6-10/h3-7H,8H2,1-2H3,(H,17,19,20). The van der Waals surface area contributed by atoms with Crippen LogP contribution in [0, 0.1) is 6.92 Å². The van der Waals surface area contributed by atoms with Gasteiger partial charge in [0.1, 0.15) is 5.82 Å². The third-order valence-corrected chi connectivity index (χ3v) is 4.50. The Labute approximate surface area is 141 Å². The molecule has 9 heteroatoms. The van der Waals surface area contributed by atoms with E-state index in [2.05, 4.69) is 35.0 Å². The second kappa shape index (κ2) is 5.93. The molecule has 0 amide bonds. The highest BCUT2D eigenvalue weighted by Gasteiger charge is 2.13. The molecule has 0 saturated heterocycles. The summed E-state index contributed by atoms with van der Waals surface area (Å²) in [7, 11) is 1.86. The lowest BCUT2D eigenvalue weighted by atomic mass is 10.2. The molecule has 0 aliphatic heterocycles. The minimum atomic E-state index is 0.608. The van der Waals surface area contributed by atoms with Crippen LogP contribution in [0.25, 0.3) is 22.4 Å². The van der Waals surface area contributed by atoms with Crippen molar-refractivity contribution >= 4 is 28.4 Å². The molecule has 0 unspecified atom stereocenters. The number of nitrogens with zero attached hydrogens (tertiary/aromatic N) is 7. The van der Waals surface area contributed by atoms with E-state index in [4.69, 9.17) is 0 Å². The first-order valence-corrected chi connectivity index (χ1v) is 8.11. The van der Waals surface area contributed by atoms with Crippen molar-refractivity contribution in [2.75, 3.05) is 5.32 Å². The van der Waals surface area contributed by atoms with Crippen molar-refractivity contribution < 1.29 is 0 Å². The molecule has 8 nitrogen and oxygen atoms in total. The summed E-state index contributed by atoms with van der Waals surface area (Å²) in [6.45, 7) is 2.55. The number of pyridine rings is 1. The number of anilines is 1. The normalized spacial score (nSPS) is 11.1. The van der Waals surface area contributed by atoms with Crippen LogP contribution >= 0.6 is 11.5 Å². The molecular weight excluding hydrogens is 324 g/mol. The van der Waals surface area contributed by atoms with Crippen LogP contribution in [0.4, 0.5) is 5.82 Å². The lowest BCUT2D eigenvalue weighted by Gasteiger charge is -2.08. The topological polar surface area (TPSA) is 94.3 Å². The molecule has 4 aromatic rings. The molecule has 0 bridgehead atoms. The van der Waals surface area contributed by atoms with Crippen molar-refractivity contribution in [1.29, 1.82) is 0 Å². The van der Waals surface area contributed by atoms with Crippen molar-refractivity contribution in [3.63, 3.8) is 0 Å². The minimum absolute atomic E-state index is 0.608. The van der Waals surface area contributed by atoms with Crippen molar-refractivity contribution in [3.05, 3.63) is 41.3 Å². The molecule has 4 heterocycles. The van der Waals surface area contributed by atoms with Crippen LogP contribution in [0.1, 0.15) is 10.6 Å². The van der Waals surface area contributed by atoms with Gasteiger partial charge in [-0.25, -0.2) is 9.97 Å². The molecule has 0 spiro atoms. The van der Waals surface area contributed by atoms with Gasteiger partial charge in [0.15, 0.2) is 11.5 Å². The van der Waals surface area contributed by atoms with E-state index in [0.717, 1.165) is 33.0 Å². The lowest BCUT2D eigenvalue weighted by Crippen LogP contribution is -2.04. The maximum Gasteiger partial charge on any atom is 0.165 e. The van der Waals surface area contributed by atoms with E-state index >= 15 is 0 Å². The van der Waals surface area contributed by atoms with E-state index < -0.39 is 0 Å². The molecule has 24 heavy (non-hydrogen) atoms. The van der Waals surface area contributed by atoms with E-state index in [1.54, 1.807) is 23.3 Å². The number of hydrogen-bond acceptors (Lipinski definition) is 8. The number of hydrogen-bond donors (Lipinski definition) is 1. The fraction of sp³-hybridized carbons (Fsp3) is 0.200. The molecule has 0 aliphatic carbocycles. The zero-order valence-corrected chi connectivity index (χ0v) is 13.9. The van der Waals surface area contributed by atoms with Crippen LogP contribution in [0.3, 0.4) is 0 Å². The predicted molar refractivity (Wildman–Crippen MR) is 91.5 cm³/mol. The van der Waals surface area contributed by atoms with Gasteiger partial charge in [-0.2, -0.15) is 5.10 Å². The Bertz CT molecular complexity index is 991. The summed E-state index contributed by atoms with van der Waals surface area (Å²) in [5.74, 6) is 1.35. The van der Waals surface area contributed by atoms with Gasteiger partial charge < -0.3 is 5.32 Å². The zero-order valence-electron chi connectivity index (χ0n) is 13.1. The van der Waals surface area contributed by atoms with Crippen LogP contribution in [-0.4, -0.2) is 34.3 Å². The summed E-state index contributed by atoms with van der Waals surface area (Å²) in [5.41, 5.74) is 2.56. The largest absolute Gasteiger partial charge is 0.364 e. The monoisotopic (exact) mass is 338 g/mol. The molecule has 0 aromatic carbocycles. The molecule has 1 N–H and O–H groups in total. The average Bonchev–Trinajstić information content (AvgIpc) is 3.19. The van der Waals surface area contributed by atoms with Gasteiger partial charge in [-0.1, -0.05) is 4.49 Å². The van der Waals surface area contributed by atoms with Crippen molar-refractivity contribution in [1.82, 2.24) is 34.3 Å². The minimum Gasteiger partial charge on any atom is -0.364 e. The van der Waals surface area contributed by atoms with Crippen LogP contribution in [0.5, 0.6) is 0 Å². The molecule has 0 saturated carbocycles. The fourth-order valence-electron chi connectivity index (χ4n) is 2.36. The van der Waals surface area contributed by atoms with E-state index in [9.17, 15) is 0 Å². The molecule has 0 atom stereocenters. The van der Waals surface area contributed by atoms with Crippen LogP contribution in [-0.2, 0) is 13.6 Å². The van der Waals surface area contributed by atoms with Gasteiger partial charge in [0.05, 0.1) is 28.7 Å². The Hall–Kier alpha value is -2.94. The van der Waals surface area contributed by atoms with E-state index in [-0.39, 0.29) is 0 Å². The smallest absolute Gasteiger partial charge is 0.165 e. The maximum absolute atomic E-state index is 4.66. The maximum atomic E-state index is 4.66. The van der Waals surface area contributed by atoms with Crippen molar-refractivity contribution in [2.45, 2.75) is 13.5 Å². The van der Waals surface area contributed by atoms with Gasteiger partial charge in [0, 0.05) is 25.0 Å². The Morgan fingerprint density at radius 2 is 2.17 bits per heavy atom. The Morgan fingerprint density at radius 1 is 1.25 bits per heavy atom. The molecule has 0 radical (unpaired) electrons. The van der Waals surface area contributed by atoms with Crippen LogP contribution in [0.15, 0.2) is 30.7 Å². The fourth-order valence-corrected chi connectivity index (χ4v) is 2.93. The number of aryl methyl sites for hydroxylation is 2. The summed E-state index contributed by atoms with van der Waals surface area (Å²) in [6.07, 6.45) is 5.24. The average molecular weight is 338 g/mol. The van der Waals surface area contributed by atoms with E-state index in [1.807, 2.05) is 26.1 Å². The van der Waals surface area contributed by atoms with Gasteiger partial charge in [-0.05, 0) is 30.6 Å². The highest BCUT2D eigenvalue weighted by atomic mass is 32.1. The Kier molecular flexibility index (Phi) is 3.62. The number of aromatic nitrogens is 7. The van der Waals surface area contributed by atoms with Gasteiger partial charge in [0.2, 0.25) is 0 Å². The van der Waals surface area contributed by atoms with E-state index in [1.165, 1.54) is 11.5 Å². The Balaban J connectivity index is 1.77. The van der Waals surface area contributed by atoms with Crippen LogP contribution < -0.4 is 5.32 Å². The first kappa shape index (κ1) is 14.6. The van der Waals surface area contributed by atoms with Gasteiger partial charge in [0.25, 0.3) is 0 Å². The van der Waals surface area contributed by atoms with Gasteiger partial charge in [-0.3, -0.25) is 9.67 Å². The predicted octanol–water partition coefficient (Wildman–Crippen LogP) is 2.20. The second-order valence-corrected chi connectivity index (χ2v) is 6.12. The summed E-state index contributed by atoms with van der Waals surface area (Å²) >= 11 is 1.38. The molecular formula is C15H14N8S. The Morgan fingerprint density at radius 3 is 2.92 bits per heavy atom. The molecule has 0 fully saturated rings. The summed E-state index contributed by atoms with van der Waals surface area (Å²) in [6, 6.07) is 3.80. The number of nitrogens with one attached hydrogen (secondary N) is 1. The SMILES string of the molecule is Cc1nnsc1CNc1nc(-c2cccnc2)nc2c1cnn2C. The second-order valence-electron chi connectivity index (χ2n) is 5.28. The quantitative estimate of drug-likeness (QED) is 0.609. The first-order valence-electron chi connectivity index (χ1n) is 7.34. The summed E-state index contributed by atoms with van der Waals surface area (Å²) < 4.78 is 5.70. The number of rotatable bonds is 4. The lowest BCUT2D eigenvalue weighted by molar-refractivity contribution is 0.786. The summed E-state index contributed by atoms with van der Waals surface area (Å²) in [5, 5.41) is 12.6. The summed E-state index contributed by atoms with van der Waals surface area (Å²) in [4.78, 5) is 14.5. The van der Waals surface area contributed by atoms with Gasteiger partial charge >= 0.3 is 0 Å². The van der Waals surface area contributed by atoms with Crippen molar-refractivity contribution in [2.24, 2.45) is 7.05 Å².